The van der Waals surface area contributed by atoms with E-state index in [0.717, 1.165) is 31.8 Å². The molecule has 1 saturated heterocycles. The van der Waals surface area contributed by atoms with E-state index in [-0.39, 0.29) is 18.3 Å². The van der Waals surface area contributed by atoms with Crippen LogP contribution in [-0.4, -0.2) is 31.3 Å². The Morgan fingerprint density at radius 3 is 2.84 bits per heavy atom. The summed E-state index contributed by atoms with van der Waals surface area (Å²) in [5, 5.41) is 6.27. The van der Waals surface area contributed by atoms with Gasteiger partial charge >= 0.3 is 0 Å². The zero-order chi connectivity index (χ0) is 12.6. The molecule has 2 N–H and O–H groups in total. The number of rotatable bonds is 6. The average molecular weight is 301 g/mol. The van der Waals surface area contributed by atoms with Crippen LogP contribution in [0.2, 0.25) is 0 Å². The molecule has 1 heterocycles. The van der Waals surface area contributed by atoms with Crippen LogP contribution in [0.3, 0.4) is 0 Å². The Balaban J connectivity index is 0.00000180. The maximum absolute atomic E-state index is 11.7. The minimum Gasteiger partial charge on any atom is -0.355 e. The zero-order valence-electron chi connectivity index (χ0n) is 10.9. The number of benzene rings is 1. The van der Waals surface area contributed by atoms with Crippen molar-refractivity contribution in [3.8, 4) is 0 Å². The number of amides is 1. The van der Waals surface area contributed by atoms with Crippen LogP contribution in [0, 0.1) is 5.92 Å². The second-order valence-corrected chi connectivity index (χ2v) is 5.74. The molecule has 0 radical (unpaired) electrons. The number of carbonyl (C=O) groups is 1. The van der Waals surface area contributed by atoms with Gasteiger partial charge in [0.05, 0.1) is 0 Å². The SMILES string of the molecule is Cl.O=C(CC1CCNC1)NCCSc1ccccc1. The van der Waals surface area contributed by atoms with Crippen molar-refractivity contribution in [3.63, 3.8) is 0 Å². The molecular weight excluding hydrogens is 280 g/mol. The molecule has 2 rings (SSSR count). The van der Waals surface area contributed by atoms with Gasteiger partial charge in [-0.2, -0.15) is 0 Å². The lowest BCUT2D eigenvalue weighted by Crippen LogP contribution is -2.28. The minimum atomic E-state index is 0. The Bertz CT molecular complexity index is 369. The molecule has 1 unspecified atom stereocenters. The van der Waals surface area contributed by atoms with Crippen molar-refractivity contribution in [1.29, 1.82) is 0 Å². The van der Waals surface area contributed by atoms with E-state index in [1.165, 1.54) is 4.90 Å². The second kappa shape index (κ2) is 9.23. The molecule has 1 aromatic rings. The van der Waals surface area contributed by atoms with Crippen LogP contribution in [0.25, 0.3) is 0 Å². The van der Waals surface area contributed by atoms with E-state index in [1.807, 2.05) is 18.2 Å². The summed E-state index contributed by atoms with van der Waals surface area (Å²) in [4.78, 5) is 12.9. The summed E-state index contributed by atoms with van der Waals surface area (Å²) < 4.78 is 0. The highest BCUT2D eigenvalue weighted by atomic mass is 35.5. The normalized spacial score (nSPS) is 17.8. The van der Waals surface area contributed by atoms with Gasteiger partial charge in [-0.05, 0) is 37.6 Å². The number of carbonyl (C=O) groups excluding carboxylic acids is 1. The molecule has 19 heavy (non-hydrogen) atoms. The Kier molecular flexibility index (Phi) is 7.94. The first kappa shape index (κ1) is 16.3. The molecule has 3 nitrogen and oxygen atoms in total. The van der Waals surface area contributed by atoms with Gasteiger partial charge in [-0.25, -0.2) is 0 Å². The van der Waals surface area contributed by atoms with E-state index in [2.05, 4.69) is 22.8 Å². The quantitative estimate of drug-likeness (QED) is 0.626. The summed E-state index contributed by atoms with van der Waals surface area (Å²) in [5.74, 6) is 1.66. The number of thioether (sulfide) groups is 1. The van der Waals surface area contributed by atoms with Crippen molar-refractivity contribution in [3.05, 3.63) is 30.3 Å². The van der Waals surface area contributed by atoms with Gasteiger partial charge in [0.25, 0.3) is 0 Å². The highest BCUT2D eigenvalue weighted by Gasteiger charge is 2.17. The van der Waals surface area contributed by atoms with Crippen LogP contribution in [0.5, 0.6) is 0 Å². The van der Waals surface area contributed by atoms with Crippen LogP contribution in [0.4, 0.5) is 0 Å². The molecule has 1 aliphatic heterocycles. The lowest BCUT2D eigenvalue weighted by Gasteiger charge is -2.08. The van der Waals surface area contributed by atoms with E-state index in [1.54, 1.807) is 11.8 Å². The van der Waals surface area contributed by atoms with Crippen LogP contribution < -0.4 is 10.6 Å². The molecule has 5 heteroatoms. The molecule has 0 saturated carbocycles. The third kappa shape index (κ3) is 6.32. The molecule has 1 aliphatic rings. The zero-order valence-corrected chi connectivity index (χ0v) is 12.6. The summed E-state index contributed by atoms with van der Waals surface area (Å²) in [5.41, 5.74) is 0. The summed E-state index contributed by atoms with van der Waals surface area (Å²) >= 11 is 1.78. The maximum Gasteiger partial charge on any atom is 0.220 e. The van der Waals surface area contributed by atoms with Gasteiger partial charge in [-0.3, -0.25) is 4.79 Å². The van der Waals surface area contributed by atoms with Gasteiger partial charge in [0.15, 0.2) is 0 Å². The monoisotopic (exact) mass is 300 g/mol. The van der Waals surface area contributed by atoms with Crippen LogP contribution in [0.1, 0.15) is 12.8 Å². The fourth-order valence-electron chi connectivity index (χ4n) is 2.10. The maximum atomic E-state index is 11.7. The summed E-state index contributed by atoms with van der Waals surface area (Å²) in [6, 6.07) is 10.3. The van der Waals surface area contributed by atoms with Crippen molar-refractivity contribution in [2.24, 2.45) is 5.92 Å². The summed E-state index contributed by atoms with van der Waals surface area (Å²) in [6.07, 6.45) is 1.80. The second-order valence-electron chi connectivity index (χ2n) is 4.57. The molecular formula is C14H21ClN2OS. The Morgan fingerprint density at radius 2 is 2.16 bits per heavy atom. The average Bonchev–Trinajstić information content (AvgIpc) is 2.89. The Hall–Kier alpha value is -0.710. The van der Waals surface area contributed by atoms with Gasteiger partial charge in [0.2, 0.25) is 5.91 Å². The van der Waals surface area contributed by atoms with E-state index in [9.17, 15) is 4.79 Å². The standard InChI is InChI=1S/C14H20N2OS.ClH/c17-14(10-12-6-7-15-11-12)16-8-9-18-13-4-2-1-3-5-13;/h1-5,12,15H,6-11H2,(H,16,17);1H. The first-order chi connectivity index (χ1) is 8.84. The van der Waals surface area contributed by atoms with Crippen molar-refractivity contribution >= 4 is 30.1 Å². The molecule has 0 bridgehead atoms. The molecule has 0 aliphatic carbocycles. The first-order valence-electron chi connectivity index (χ1n) is 6.50. The lowest BCUT2D eigenvalue weighted by molar-refractivity contribution is -0.121. The largest absolute Gasteiger partial charge is 0.355 e. The third-order valence-electron chi connectivity index (χ3n) is 3.07. The van der Waals surface area contributed by atoms with Crippen molar-refractivity contribution in [2.75, 3.05) is 25.4 Å². The van der Waals surface area contributed by atoms with Crippen LogP contribution >= 0.6 is 24.2 Å². The highest BCUT2D eigenvalue weighted by molar-refractivity contribution is 7.99. The molecule has 0 aromatic heterocycles. The Morgan fingerprint density at radius 1 is 1.37 bits per heavy atom. The molecule has 1 atom stereocenters. The molecule has 1 fully saturated rings. The summed E-state index contributed by atoms with van der Waals surface area (Å²) in [7, 11) is 0. The van der Waals surface area contributed by atoms with Crippen LogP contribution in [-0.2, 0) is 4.79 Å². The van der Waals surface area contributed by atoms with Gasteiger partial charge in [-0.1, -0.05) is 18.2 Å². The third-order valence-corrected chi connectivity index (χ3v) is 4.09. The Labute approximate surface area is 125 Å². The van der Waals surface area contributed by atoms with E-state index < -0.39 is 0 Å². The first-order valence-corrected chi connectivity index (χ1v) is 7.48. The summed E-state index contributed by atoms with van der Waals surface area (Å²) in [6.45, 7) is 2.80. The minimum absolute atomic E-state index is 0. The van der Waals surface area contributed by atoms with Crippen molar-refractivity contribution < 1.29 is 4.79 Å². The van der Waals surface area contributed by atoms with E-state index in [4.69, 9.17) is 0 Å². The molecule has 1 amide bonds. The smallest absolute Gasteiger partial charge is 0.220 e. The molecule has 106 valence electrons. The van der Waals surface area contributed by atoms with Gasteiger partial charge in [0.1, 0.15) is 0 Å². The van der Waals surface area contributed by atoms with Crippen molar-refractivity contribution in [1.82, 2.24) is 10.6 Å². The molecule has 0 spiro atoms. The van der Waals surface area contributed by atoms with E-state index >= 15 is 0 Å². The van der Waals surface area contributed by atoms with Gasteiger partial charge in [0, 0.05) is 23.6 Å². The number of hydrogen-bond acceptors (Lipinski definition) is 3. The number of hydrogen-bond donors (Lipinski definition) is 2. The van der Waals surface area contributed by atoms with Gasteiger partial charge in [-0.15, -0.1) is 24.2 Å². The van der Waals surface area contributed by atoms with E-state index in [0.29, 0.717) is 12.3 Å². The molecule has 1 aromatic carbocycles. The number of halogens is 1. The number of nitrogens with one attached hydrogen (secondary N) is 2. The van der Waals surface area contributed by atoms with Crippen molar-refractivity contribution in [2.45, 2.75) is 17.7 Å². The fraction of sp³-hybridized carbons (Fsp3) is 0.500. The predicted octanol–water partition coefficient (Wildman–Crippen LogP) is 2.32. The van der Waals surface area contributed by atoms with Gasteiger partial charge < -0.3 is 10.6 Å². The fourth-order valence-corrected chi connectivity index (χ4v) is 2.89. The van der Waals surface area contributed by atoms with Crippen LogP contribution in [0.15, 0.2) is 35.2 Å². The lowest BCUT2D eigenvalue weighted by atomic mass is 10.1. The topological polar surface area (TPSA) is 41.1 Å². The highest BCUT2D eigenvalue weighted by Crippen LogP contribution is 2.16. The predicted molar refractivity (Wildman–Crippen MR) is 83.0 cm³/mol.